The van der Waals surface area contributed by atoms with Crippen LogP contribution in [0.1, 0.15) is 5.56 Å². The van der Waals surface area contributed by atoms with Gasteiger partial charge < -0.3 is 9.88 Å². The predicted molar refractivity (Wildman–Crippen MR) is 73.2 cm³/mol. The van der Waals surface area contributed by atoms with Crippen molar-refractivity contribution in [1.29, 1.82) is 0 Å². The Labute approximate surface area is 112 Å². The van der Waals surface area contributed by atoms with Crippen LogP contribution in [0.5, 0.6) is 0 Å². The number of anilines is 1. The van der Waals surface area contributed by atoms with Crippen molar-refractivity contribution in [2.24, 2.45) is 0 Å². The van der Waals surface area contributed by atoms with E-state index in [4.69, 9.17) is 0 Å². The minimum absolute atomic E-state index is 0.0483. The van der Waals surface area contributed by atoms with Crippen molar-refractivity contribution < 1.29 is 8.42 Å². The molecule has 0 radical (unpaired) electrons. The maximum Gasteiger partial charge on any atom is 0.278 e. The summed E-state index contributed by atoms with van der Waals surface area (Å²) >= 11 is 0. The summed E-state index contributed by atoms with van der Waals surface area (Å²) in [6.07, 6.45) is 2.61. The van der Waals surface area contributed by atoms with Gasteiger partial charge in [-0.2, -0.15) is 8.42 Å². The molecule has 7 heteroatoms. The van der Waals surface area contributed by atoms with E-state index in [0.717, 1.165) is 5.56 Å². The monoisotopic (exact) mass is 280 g/mol. The topological polar surface area (TPSA) is 78.1 Å². The number of hydrogen-bond donors (Lipinski definition) is 2. The summed E-state index contributed by atoms with van der Waals surface area (Å²) in [5.74, 6) is 0. The van der Waals surface area contributed by atoms with Crippen LogP contribution in [-0.2, 0) is 16.6 Å². The fourth-order valence-corrected chi connectivity index (χ4v) is 2.69. The molecule has 0 spiro atoms. The van der Waals surface area contributed by atoms with Crippen LogP contribution in [-0.4, -0.2) is 37.4 Å². The van der Waals surface area contributed by atoms with E-state index in [1.807, 2.05) is 31.1 Å². The second-order valence-electron chi connectivity index (χ2n) is 4.42. The average Bonchev–Trinajstić information content (AvgIpc) is 2.85. The summed E-state index contributed by atoms with van der Waals surface area (Å²) in [4.78, 5) is 8.28. The van der Waals surface area contributed by atoms with Gasteiger partial charge in [0.2, 0.25) is 0 Å². The zero-order chi connectivity index (χ0) is 13.9. The number of sulfonamides is 1. The lowest BCUT2D eigenvalue weighted by Crippen LogP contribution is -2.17. The van der Waals surface area contributed by atoms with Crippen LogP contribution in [0, 0.1) is 0 Å². The molecule has 102 valence electrons. The van der Waals surface area contributed by atoms with Gasteiger partial charge in [-0.15, -0.1) is 0 Å². The zero-order valence-corrected chi connectivity index (χ0v) is 11.6. The number of aromatic amines is 1. The number of aromatic nitrogens is 2. The van der Waals surface area contributed by atoms with Crippen molar-refractivity contribution in [2.75, 3.05) is 18.8 Å². The Balaban J connectivity index is 2.29. The number of para-hydroxylation sites is 1. The van der Waals surface area contributed by atoms with E-state index in [1.165, 1.54) is 12.5 Å². The van der Waals surface area contributed by atoms with Gasteiger partial charge in [0, 0.05) is 6.54 Å². The lowest BCUT2D eigenvalue weighted by atomic mass is 10.2. The van der Waals surface area contributed by atoms with E-state index in [9.17, 15) is 8.42 Å². The van der Waals surface area contributed by atoms with E-state index >= 15 is 0 Å². The molecule has 6 nitrogen and oxygen atoms in total. The molecule has 1 heterocycles. The molecule has 0 aliphatic carbocycles. The second kappa shape index (κ2) is 5.41. The summed E-state index contributed by atoms with van der Waals surface area (Å²) in [6, 6.07) is 7.31. The summed E-state index contributed by atoms with van der Waals surface area (Å²) in [7, 11) is 0.247. The highest BCUT2D eigenvalue weighted by Crippen LogP contribution is 2.19. The molecule has 0 saturated carbocycles. The molecule has 0 atom stereocenters. The highest BCUT2D eigenvalue weighted by Gasteiger charge is 2.17. The SMILES string of the molecule is CN(C)Cc1ccccc1NS(=O)(=O)c1cnc[nH]1. The number of nitrogens with zero attached hydrogens (tertiary/aromatic N) is 2. The molecule has 0 aliphatic heterocycles. The molecule has 2 rings (SSSR count). The van der Waals surface area contributed by atoms with Crippen LogP contribution in [0.25, 0.3) is 0 Å². The lowest BCUT2D eigenvalue weighted by Gasteiger charge is -2.15. The van der Waals surface area contributed by atoms with Gasteiger partial charge in [0.15, 0.2) is 5.03 Å². The van der Waals surface area contributed by atoms with Crippen molar-refractivity contribution in [3.8, 4) is 0 Å². The van der Waals surface area contributed by atoms with E-state index in [1.54, 1.807) is 12.1 Å². The Morgan fingerprint density at radius 1 is 1.32 bits per heavy atom. The van der Waals surface area contributed by atoms with Crippen molar-refractivity contribution in [1.82, 2.24) is 14.9 Å². The third kappa shape index (κ3) is 3.33. The Kier molecular flexibility index (Phi) is 3.87. The van der Waals surface area contributed by atoms with Gasteiger partial charge in [0.25, 0.3) is 10.0 Å². The first-order valence-electron chi connectivity index (χ1n) is 5.73. The maximum absolute atomic E-state index is 12.1. The largest absolute Gasteiger partial charge is 0.334 e. The smallest absolute Gasteiger partial charge is 0.278 e. The third-order valence-corrected chi connectivity index (χ3v) is 3.80. The van der Waals surface area contributed by atoms with E-state index < -0.39 is 10.0 Å². The van der Waals surface area contributed by atoms with Crippen molar-refractivity contribution in [3.63, 3.8) is 0 Å². The van der Waals surface area contributed by atoms with Crippen molar-refractivity contribution in [2.45, 2.75) is 11.6 Å². The fraction of sp³-hybridized carbons (Fsp3) is 0.250. The minimum atomic E-state index is -3.61. The second-order valence-corrected chi connectivity index (χ2v) is 6.07. The van der Waals surface area contributed by atoms with Gasteiger partial charge in [-0.1, -0.05) is 18.2 Å². The maximum atomic E-state index is 12.1. The number of rotatable bonds is 5. The molecule has 0 fully saturated rings. The number of benzene rings is 1. The van der Waals surface area contributed by atoms with E-state index in [2.05, 4.69) is 14.7 Å². The van der Waals surface area contributed by atoms with Crippen LogP contribution in [0.2, 0.25) is 0 Å². The minimum Gasteiger partial charge on any atom is -0.334 e. The number of H-pyrrole nitrogens is 1. The van der Waals surface area contributed by atoms with Gasteiger partial charge in [0.05, 0.1) is 18.2 Å². The van der Waals surface area contributed by atoms with E-state index in [0.29, 0.717) is 12.2 Å². The normalized spacial score (nSPS) is 11.7. The van der Waals surface area contributed by atoms with Crippen LogP contribution < -0.4 is 4.72 Å². The molecular formula is C12H16N4O2S. The van der Waals surface area contributed by atoms with Crippen LogP contribution >= 0.6 is 0 Å². The first-order valence-corrected chi connectivity index (χ1v) is 7.21. The quantitative estimate of drug-likeness (QED) is 0.864. The molecule has 19 heavy (non-hydrogen) atoms. The first-order chi connectivity index (χ1) is 8.99. The zero-order valence-electron chi connectivity index (χ0n) is 10.8. The number of hydrogen-bond acceptors (Lipinski definition) is 4. The van der Waals surface area contributed by atoms with E-state index in [-0.39, 0.29) is 5.03 Å². The molecule has 0 aliphatic rings. The molecular weight excluding hydrogens is 264 g/mol. The molecule has 0 amide bonds. The molecule has 1 aromatic carbocycles. The Morgan fingerprint density at radius 3 is 2.68 bits per heavy atom. The molecule has 2 N–H and O–H groups in total. The molecule has 1 aromatic heterocycles. The third-order valence-electron chi connectivity index (χ3n) is 2.51. The van der Waals surface area contributed by atoms with Gasteiger partial charge >= 0.3 is 0 Å². The highest BCUT2D eigenvalue weighted by molar-refractivity contribution is 7.92. The van der Waals surface area contributed by atoms with Gasteiger partial charge in [0.1, 0.15) is 0 Å². The number of imidazole rings is 1. The Morgan fingerprint density at radius 2 is 2.05 bits per heavy atom. The summed E-state index contributed by atoms with van der Waals surface area (Å²) in [5.41, 5.74) is 1.49. The van der Waals surface area contributed by atoms with Crippen molar-refractivity contribution >= 4 is 15.7 Å². The van der Waals surface area contributed by atoms with Crippen LogP contribution in [0.15, 0.2) is 41.8 Å². The average molecular weight is 280 g/mol. The van der Waals surface area contributed by atoms with Crippen molar-refractivity contribution in [3.05, 3.63) is 42.4 Å². The standard InChI is InChI=1S/C12H16N4O2S/c1-16(2)8-10-5-3-4-6-11(10)15-19(17,18)12-7-13-9-14-12/h3-7,9,15H,8H2,1-2H3,(H,13,14). The fourth-order valence-electron chi connectivity index (χ4n) is 1.69. The molecule has 0 bridgehead atoms. The number of nitrogens with one attached hydrogen (secondary N) is 2. The Bertz CT molecular complexity index is 636. The Hall–Kier alpha value is -1.86. The van der Waals surface area contributed by atoms with Crippen LogP contribution in [0.4, 0.5) is 5.69 Å². The molecule has 2 aromatic rings. The van der Waals surface area contributed by atoms with Gasteiger partial charge in [-0.05, 0) is 25.7 Å². The first kappa shape index (κ1) is 13.6. The summed E-state index contributed by atoms with van der Waals surface area (Å²) in [6.45, 7) is 0.654. The highest BCUT2D eigenvalue weighted by atomic mass is 32.2. The van der Waals surface area contributed by atoms with Gasteiger partial charge in [-0.25, -0.2) is 4.98 Å². The van der Waals surface area contributed by atoms with Crippen LogP contribution in [0.3, 0.4) is 0 Å². The molecule has 0 unspecified atom stereocenters. The van der Waals surface area contributed by atoms with Gasteiger partial charge in [-0.3, -0.25) is 4.72 Å². The predicted octanol–water partition coefficient (Wildman–Crippen LogP) is 1.27. The summed E-state index contributed by atoms with van der Waals surface area (Å²) < 4.78 is 26.8. The molecule has 0 saturated heterocycles. The summed E-state index contributed by atoms with van der Waals surface area (Å²) in [5, 5.41) is 0.0483. The lowest BCUT2D eigenvalue weighted by molar-refractivity contribution is 0.403.